The standard InChI is InChI=1S/C11H13BrO/c1-3-8-13-9(2)10-4-6-11(12)7-5-10/h3-7,9H,1,8H2,2H3/t9-/m1/s1. The molecule has 1 aromatic carbocycles. The maximum atomic E-state index is 5.48. The van der Waals surface area contributed by atoms with Crippen LogP contribution in [-0.2, 0) is 4.74 Å². The van der Waals surface area contributed by atoms with Crippen molar-refractivity contribution in [3.8, 4) is 0 Å². The van der Waals surface area contributed by atoms with Gasteiger partial charge in [-0.1, -0.05) is 34.1 Å². The van der Waals surface area contributed by atoms with Crippen LogP contribution in [0.4, 0.5) is 0 Å². The third-order valence-corrected chi connectivity index (χ3v) is 2.33. The zero-order chi connectivity index (χ0) is 9.68. The average molecular weight is 241 g/mol. The fraction of sp³-hybridized carbons (Fsp3) is 0.273. The predicted octanol–water partition coefficient (Wildman–Crippen LogP) is 3.71. The van der Waals surface area contributed by atoms with Gasteiger partial charge in [0, 0.05) is 4.47 Å². The van der Waals surface area contributed by atoms with E-state index in [4.69, 9.17) is 4.74 Å². The van der Waals surface area contributed by atoms with Crippen molar-refractivity contribution in [2.24, 2.45) is 0 Å². The van der Waals surface area contributed by atoms with E-state index in [0.29, 0.717) is 6.61 Å². The minimum absolute atomic E-state index is 0.131. The SMILES string of the molecule is C=CCO[C@H](C)c1ccc(Br)cc1. The van der Waals surface area contributed by atoms with Gasteiger partial charge in [0.1, 0.15) is 0 Å². The summed E-state index contributed by atoms with van der Waals surface area (Å²) in [6.07, 6.45) is 1.89. The minimum atomic E-state index is 0.131. The Morgan fingerprint density at radius 2 is 2.08 bits per heavy atom. The van der Waals surface area contributed by atoms with Gasteiger partial charge in [-0.3, -0.25) is 0 Å². The van der Waals surface area contributed by atoms with Crippen LogP contribution in [0.3, 0.4) is 0 Å². The second-order valence-corrected chi connectivity index (χ2v) is 3.73. The highest BCUT2D eigenvalue weighted by atomic mass is 79.9. The molecule has 0 unspecified atom stereocenters. The summed E-state index contributed by atoms with van der Waals surface area (Å²) in [7, 11) is 0. The molecule has 0 aliphatic heterocycles. The van der Waals surface area contributed by atoms with Gasteiger partial charge in [0.2, 0.25) is 0 Å². The Bertz CT molecular complexity index is 266. The van der Waals surface area contributed by atoms with Gasteiger partial charge < -0.3 is 4.74 Å². The molecule has 0 aliphatic rings. The topological polar surface area (TPSA) is 9.23 Å². The van der Waals surface area contributed by atoms with Crippen LogP contribution in [0.25, 0.3) is 0 Å². The number of hydrogen-bond donors (Lipinski definition) is 0. The molecule has 1 rings (SSSR count). The zero-order valence-electron chi connectivity index (χ0n) is 7.66. The maximum Gasteiger partial charge on any atom is 0.0801 e. The molecule has 0 aliphatic carbocycles. The van der Waals surface area contributed by atoms with Gasteiger partial charge in [-0.05, 0) is 24.6 Å². The van der Waals surface area contributed by atoms with E-state index >= 15 is 0 Å². The largest absolute Gasteiger partial charge is 0.370 e. The van der Waals surface area contributed by atoms with Gasteiger partial charge in [-0.2, -0.15) is 0 Å². The summed E-state index contributed by atoms with van der Waals surface area (Å²) < 4.78 is 6.57. The van der Waals surface area contributed by atoms with Crippen molar-refractivity contribution >= 4 is 15.9 Å². The van der Waals surface area contributed by atoms with Crippen LogP contribution < -0.4 is 0 Å². The van der Waals surface area contributed by atoms with Gasteiger partial charge in [-0.25, -0.2) is 0 Å². The lowest BCUT2D eigenvalue weighted by Gasteiger charge is -2.11. The van der Waals surface area contributed by atoms with Crippen molar-refractivity contribution in [2.75, 3.05) is 6.61 Å². The van der Waals surface area contributed by atoms with E-state index in [1.165, 1.54) is 5.56 Å². The van der Waals surface area contributed by atoms with Crippen LogP contribution in [-0.4, -0.2) is 6.61 Å². The summed E-state index contributed by atoms with van der Waals surface area (Å²) >= 11 is 3.39. The molecule has 1 nitrogen and oxygen atoms in total. The first-order valence-corrected chi connectivity index (χ1v) is 5.01. The fourth-order valence-electron chi connectivity index (χ4n) is 1.04. The van der Waals surface area contributed by atoms with Gasteiger partial charge in [0.15, 0.2) is 0 Å². The summed E-state index contributed by atoms with van der Waals surface area (Å²) in [6.45, 7) is 6.24. The van der Waals surface area contributed by atoms with Crippen molar-refractivity contribution in [2.45, 2.75) is 13.0 Å². The van der Waals surface area contributed by atoms with E-state index < -0.39 is 0 Å². The summed E-state index contributed by atoms with van der Waals surface area (Å²) in [5.41, 5.74) is 1.19. The lowest BCUT2D eigenvalue weighted by atomic mass is 10.1. The maximum absolute atomic E-state index is 5.48. The smallest absolute Gasteiger partial charge is 0.0801 e. The highest BCUT2D eigenvalue weighted by Crippen LogP contribution is 2.19. The summed E-state index contributed by atoms with van der Waals surface area (Å²) in [4.78, 5) is 0. The Balaban J connectivity index is 2.60. The molecular formula is C11H13BrO. The molecule has 1 atom stereocenters. The Hall–Kier alpha value is -0.600. The van der Waals surface area contributed by atoms with Gasteiger partial charge in [0.25, 0.3) is 0 Å². The van der Waals surface area contributed by atoms with Crippen LogP contribution in [0.2, 0.25) is 0 Å². The normalized spacial score (nSPS) is 12.5. The Morgan fingerprint density at radius 3 is 2.62 bits per heavy atom. The van der Waals surface area contributed by atoms with E-state index in [-0.39, 0.29) is 6.10 Å². The van der Waals surface area contributed by atoms with Crippen LogP contribution in [0, 0.1) is 0 Å². The molecule has 70 valence electrons. The van der Waals surface area contributed by atoms with Crippen molar-refractivity contribution in [1.82, 2.24) is 0 Å². The first-order valence-electron chi connectivity index (χ1n) is 4.22. The molecule has 0 saturated carbocycles. The third-order valence-electron chi connectivity index (χ3n) is 1.80. The Labute approximate surface area is 87.5 Å². The second-order valence-electron chi connectivity index (χ2n) is 2.82. The zero-order valence-corrected chi connectivity index (χ0v) is 9.25. The van der Waals surface area contributed by atoms with E-state index in [9.17, 15) is 0 Å². The van der Waals surface area contributed by atoms with Crippen molar-refractivity contribution < 1.29 is 4.74 Å². The molecule has 0 radical (unpaired) electrons. The number of halogens is 1. The van der Waals surface area contributed by atoms with Crippen LogP contribution in [0.1, 0.15) is 18.6 Å². The molecule has 0 saturated heterocycles. The summed E-state index contributed by atoms with van der Waals surface area (Å²) in [5, 5.41) is 0. The molecule has 0 aromatic heterocycles. The number of benzene rings is 1. The number of hydrogen-bond acceptors (Lipinski definition) is 1. The summed E-state index contributed by atoms with van der Waals surface area (Å²) in [6, 6.07) is 8.14. The van der Waals surface area contributed by atoms with Gasteiger partial charge >= 0.3 is 0 Å². The highest BCUT2D eigenvalue weighted by Gasteiger charge is 2.03. The van der Waals surface area contributed by atoms with Crippen LogP contribution >= 0.6 is 15.9 Å². The molecule has 2 heteroatoms. The monoisotopic (exact) mass is 240 g/mol. The minimum Gasteiger partial charge on any atom is -0.370 e. The molecule has 0 spiro atoms. The first-order chi connectivity index (χ1) is 6.24. The van der Waals surface area contributed by atoms with E-state index in [2.05, 4.69) is 34.6 Å². The Morgan fingerprint density at radius 1 is 1.46 bits per heavy atom. The van der Waals surface area contributed by atoms with E-state index in [1.807, 2.05) is 19.1 Å². The van der Waals surface area contributed by atoms with Crippen LogP contribution in [0.5, 0.6) is 0 Å². The van der Waals surface area contributed by atoms with Crippen molar-refractivity contribution in [3.63, 3.8) is 0 Å². The molecule has 0 bridgehead atoms. The van der Waals surface area contributed by atoms with Crippen molar-refractivity contribution in [3.05, 3.63) is 47.0 Å². The average Bonchev–Trinajstić information content (AvgIpc) is 2.15. The van der Waals surface area contributed by atoms with E-state index in [0.717, 1.165) is 4.47 Å². The first kappa shape index (κ1) is 10.5. The summed E-state index contributed by atoms with van der Waals surface area (Å²) in [5.74, 6) is 0. The molecule has 0 N–H and O–H groups in total. The molecule has 0 amide bonds. The predicted molar refractivity (Wildman–Crippen MR) is 58.7 cm³/mol. The lowest BCUT2D eigenvalue weighted by molar-refractivity contribution is 0.0888. The Kier molecular flexibility index (Phi) is 4.19. The van der Waals surface area contributed by atoms with Gasteiger partial charge in [-0.15, -0.1) is 6.58 Å². The molecule has 0 fully saturated rings. The molecular weight excluding hydrogens is 228 g/mol. The van der Waals surface area contributed by atoms with Crippen LogP contribution in [0.15, 0.2) is 41.4 Å². The molecule has 1 aromatic rings. The number of rotatable bonds is 4. The second kappa shape index (κ2) is 5.20. The molecule has 13 heavy (non-hydrogen) atoms. The molecule has 0 heterocycles. The lowest BCUT2D eigenvalue weighted by Crippen LogP contribution is -1.99. The van der Waals surface area contributed by atoms with E-state index in [1.54, 1.807) is 6.08 Å². The number of ether oxygens (including phenoxy) is 1. The highest BCUT2D eigenvalue weighted by molar-refractivity contribution is 9.10. The van der Waals surface area contributed by atoms with Gasteiger partial charge in [0.05, 0.1) is 12.7 Å². The fourth-order valence-corrected chi connectivity index (χ4v) is 1.31. The quantitative estimate of drug-likeness (QED) is 0.730. The third kappa shape index (κ3) is 3.33. The van der Waals surface area contributed by atoms with Crippen molar-refractivity contribution in [1.29, 1.82) is 0 Å².